The number of hydrogen-bond donors (Lipinski definition) is 0. The van der Waals surface area contributed by atoms with E-state index in [1.165, 1.54) is 6.92 Å². The number of Topliss-reactive ketones (excluding diaryl/α,β-unsaturated/α-hetero) is 1. The monoisotopic (exact) mass is 274 g/mol. The lowest BCUT2D eigenvalue weighted by molar-refractivity contribution is -0.152. The van der Waals surface area contributed by atoms with Crippen molar-refractivity contribution in [3.63, 3.8) is 0 Å². The molecular formula is C14H26O5. The molecule has 0 rings (SSSR count). The van der Waals surface area contributed by atoms with Gasteiger partial charge < -0.3 is 9.47 Å². The maximum absolute atomic E-state index is 10.9. The maximum atomic E-state index is 10.9. The second-order valence-corrected chi connectivity index (χ2v) is 5.31. The van der Waals surface area contributed by atoms with E-state index in [4.69, 9.17) is 4.74 Å². The molecule has 0 fully saturated rings. The largest absolute Gasteiger partial charge is 0.466 e. The molecule has 0 aromatic rings. The third-order valence-corrected chi connectivity index (χ3v) is 1.72. The summed E-state index contributed by atoms with van der Waals surface area (Å²) < 4.78 is 9.40. The van der Waals surface area contributed by atoms with Crippen LogP contribution in [0.1, 0.15) is 54.9 Å². The quantitative estimate of drug-likeness (QED) is 0.582. The first kappa shape index (κ1) is 19.9. The topological polar surface area (TPSA) is 69.7 Å². The molecule has 0 aliphatic heterocycles. The third kappa shape index (κ3) is 16.6. The highest BCUT2D eigenvalue weighted by atomic mass is 16.6. The van der Waals surface area contributed by atoms with Crippen LogP contribution in [0.25, 0.3) is 0 Å². The zero-order valence-electron chi connectivity index (χ0n) is 13.0. The van der Waals surface area contributed by atoms with Crippen LogP contribution >= 0.6 is 0 Å². The molecule has 0 atom stereocenters. The van der Waals surface area contributed by atoms with Crippen molar-refractivity contribution in [1.82, 2.24) is 0 Å². The van der Waals surface area contributed by atoms with Crippen LogP contribution < -0.4 is 0 Å². The molecule has 0 bridgehead atoms. The van der Waals surface area contributed by atoms with Gasteiger partial charge >= 0.3 is 11.9 Å². The molecule has 0 aliphatic carbocycles. The van der Waals surface area contributed by atoms with Gasteiger partial charge in [0.05, 0.1) is 6.61 Å². The SMILES string of the molecule is CC(=O)OC(C)(C)C.CCOC(=O)CC(=O)C(C)C. The minimum absolute atomic E-state index is 0.0662. The van der Waals surface area contributed by atoms with Crippen molar-refractivity contribution in [2.24, 2.45) is 5.92 Å². The lowest BCUT2D eigenvalue weighted by Gasteiger charge is -2.17. The molecule has 0 N–H and O–H groups in total. The fourth-order valence-electron chi connectivity index (χ4n) is 0.990. The Bertz CT molecular complexity index is 299. The lowest BCUT2D eigenvalue weighted by atomic mass is 10.1. The van der Waals surface area contributed by atoms with E-state index in [1.54, 1.807) is 20.8 Å². The van der Waals surface area contributed by atoms with E-state index in [-0.39, 0.29) is 29.7 Å². The van der Waals surface area contributed by atoms with E-state index < -0.39 is 5.97 Å². The van der Waals surface area contributed by atoms with Crippen molar-refractivity contribution < 1.29 is 23.9 Å². The summed E-state index contributed by atoms with van der Waals surface area (Å²) in [5.41, 5.74) is -0.328. The number of carbonyl (C=O) groups excluding carboxylic acids is 3. The summed E-state index contributed by atoms with van der Waals surface area (Å²) in [6, 6.07) is 0. The van der Waals surface area contributed by atoms with E-state index in [2.05, 4.69) is 4.74 Å². The molecule has 0 aromatic heterocycles. The summed E-state index contributed by atoms with van der Waals surface area (Å²) in [6.45, 7) is 12.5. The minimum atomic E-state index is -0.425. The number of hydrogen-bond acceptors (Lipinski definition) is 5. The normalized spacial score (nSPS) is 10.3. The van der Waals surface area contributed by atoms with Gasteiger partial charge in [-0.05, 0) is 27.7 Å². The van der Waals surface area contributed by atoms with Crippen molar-refractivity contribution in [2.45, 2.75) is 60.5 Å². The summed E-state index contributed by atoms with van der Waals surface area (Å²) in [5, 5.41) is 0. The number of carbonyl (C=O) groups is 3. The van der Waals surface area contributed by atoms with Crippen LogP contribution in [-0.2, 0) is 23.9 Å². The van der Waals surface area contributed by atoms with Gasteiger partial charge in [-0.1, -0.05) is 13.8 Å². The molecule has 0 aliphatic rings. The van der Waals surface area contributed by atoms with Crippen LogP contribution in [-0.4, -0.2) is 29.9 Å². The van der Waals surface area contributed by atoms with Gasteiger partial charge in [0.2, 0.25) is 0 Å². The minimum Gasteiger partial charge on any atom is -0.466 e. The number of ketones is 1. The van der Waals surface area contributed by atoms with Crippen molar-refractivity contribution in [1.29, 1.82) is 0 Å². The number of ether oxygens (including phenoxy) is 2. The molecular weight excluding hydrogens is 248 g/mol. The Morgan fingerprint density at radius 3 is 1.79 bits per heavy atom. The van der Waals surface area contributed by atoms with E-state index in [1.807, 2.05) is 20.8 Å². The van der Waals surface area contributed by atoms with E-state index in [0.717, 1.165) is 0 Å². The van der Waals surface area contributed by atoms with Gasteiger partial charge in [-0.3, -0.25) is 14.4 Å². The van der Waals surface area contributed by atoms with Crippen LogP contribution in [0, 0.1) is 5.92 Å². The van der Waals surface area contributed by atoms with Crippen molar-refractivity contribution in [2.75, 3.05) is 6.61 Å². The average Bonchev–Trinajstić information content (AvgIpc) is 2.14. The Balaban J connectivity index is 0. The Kier molecular flexibility index (Phi) is 10.00. The van der Waals surface area contributed by atoms with Crippen LogP contribution in [0.3, 0.4) is 0 Å². The van der Waals surface area contributed by atoms with Crippen molar-refractivity contribution in [3.05, 3.63) is 0 Å². The second kappa shape index (κ2) is 9.53. The molecule has 0 aromatic carbocycles. The standard InChI is InChI=1S/C8H14O3.C6H12O2/c1-4-11-8(10)5-7(9)6(2)3;1-5(7)8-6(2,3)4/h6H,4-5H2,1-3H3;1-4H3. The fraction of sp³-hybridized carbons (Fsp3) is 0.786. The first-order chi connectivity index (χ1) is 8.49. The molecule has 5 heteroatoms. The highest BCUT2D eigenvalue weighted by molar-refractivity contribution is 5.96. The van der Waals surface area contributed by atoms with Crippen LogP contribution in [0.15, 0.2) is 0 Å². The predicted molar refractivity (Wildman–Crippen MR) is 72.6 cm³/mol. The second-order valence-electron chi connectivity index (χ2n) is 5.31. The van der Waals surface area contributed by atoms with Crippen LogP contribution in [0.5, 0.6) is 0 Å². The maximum Gasteiger partial charge on any atom is 0.313 e. The fourth-order valence-corrected chi connectivity index (χ4v) is 0.990. The Labute approximate surface area is 115 Å². The summed E-state index contributed by atoms with van der Waals surface area (Å²) >= 11 is 0. The Hall–Kier alpha value is -1.39. The van der Waals surface area contributed by atoms with Gasteiger partial charge in [0.1, 0.15) is 17.8 Å². The molecule has 0 spiro atoms. The third-order valence-electron chi connectivity index (χ3n) is 1.72. The molecule has 0 saturated heterocycles. The molecule has 0 amide bonds. The summed E-state index contributed by atoms with van der Waals surface area (Å²) in [4.78, 5) is 31.9. The smallest absolute Gasteiger partial charge is 0.313 e. The van der Waals surface area contributed by atoms with Gasteiger partial charge in [0.15, 0.2) is 0 Å². The summed E-state index contributed by atoms with van der Waals surface area (Å²) in [5.74, 6) is -0.799. The summed E-state index contributed by atoms with van der Waals surface area (Å²) in [7, 11) is 0. The van der Waals surface area contributed by atoms with E-state index in [0.29, 0.717) is 6.61 Å². The average molecular weight is 274 g/mol. The summed E-state index contributed by atoms with van der Waals surface area (Å²) in [6.07, 6.45) is -0.0918. The molecule has 19 heavy (non-hydrogen) atoms. The number of esters is 2. The molecule has 0 unspecified atom stereocenters. The first-order valence-corrected chi connectivity index (χ1v) is 6.37. The van der Waals surface area contributed by atoms with Gasteiger partial charge in [0, 0.05) is 12.8 Å². The first-order valence-electron chi connectivity index (χ1n) is 6.37. The molecule has 0 heterocycles. The molecule has 0 radical (unpaired) electrons. The molecule has 5 nitrogen and oxygen atoms in total. The zero-order valence-corrected chi connectivity index (χ0v) is 13.0. The number of rotatable bonds is 4. The highest BCUT2D eigenvalue weighted by Gasteiger charge is 2.13. The van der Waals surface area contributed by atoms with Gasteiger partial charge in [-0.15, -0.1) is 0 Å². The Morgan fingerprint density at radius 2 is 1.58 bits per heavy atom. The predicted octanol–water partition coefficient (Wildman–Crippen LogP) is 2.51. The van der Waals surface area contributed by atoms with E-state index in [9.17, 15) is 14.4 Å². The van der Waals surface area contributed by atoms with Gasteiger partial charge in [-0.25, -0.2) is 0 Å². The van der Waals surface area contributed by atoms with Crippen molar-refractivity contribution in [3.8, 4) is 0 Å². The highest BCUT2D eigenvalue weighted by Crippen LogP contribution is 2.05. The van der Waals surface area contributed by atoms with Crippen LogP contribution in [0.2, 0.25) is 0 Å². The molecule has 0 saturated carbocycles. The van der Waals surface area contributed by atoms with Crippen LogP contribution in [0.4, 0.5) is 0 Å². The molecule has 112 valence electrons. The lowest BCUT2D eigenvalue weighted by Crippen LogP contribution is -2.21. The van der Waals surface area contributed by atoms with Gasteiger partial charge in [0.25, 0.3) is 0 Å². The Morgan fingerprint density at radius 1 is 1.11 bits per heavy atom. The van der Waals surface area contributed by atoms with E-state index >= 15 is 0 Å². The van der Waals surface area contributed by atoms with Gasteiger partial charge in [-0.2, -0.15) is 0 Å². The zero-order chi connectivity index (χ0) is 15.6. The van der Waals surface area contributed by atoms with Crippen molar-refractivity contribution >= 4 is 17.7 Å².